The smallest absolute Gasteiger partial charge is 0.326 e. The molecule has 138 valence electrons. The van der Waals surface area contributed by atoms with Crippen LogP contribution in [0.15, 0.2) is 36.4 Å². The fourth-order valence-corrected chi connectivity index (χ4v) is 2.38. The number of phenolic OH excluding ortho intramolecular Hbond substituents is 4. The molecule has 0 bridgehead atoms. The van der Waals surface area contributed by atoms with E-state index in [-0.39, 0.29) is 42.3 Å². The second kappa shape index (κ2) is 8.11. The highest BCUT2D eigenvalue weighted by Gasteiger charge is 2.21. The maximum atomic E-state index is 12.0. The van der Waals surface area contributed by atoms with Crippen molar-refractivity contribution in [3.05, 3.63) is 47.5 Å². The largest absolute Gasteiger partial charge is 0.504 e. The molecule has 0 aliphatic carbocycles. The number of hydrogen-bond donors (Lipinski definition) is 6. The van der Waals surface area contributed by atoms with Gasteiger partial charge in [-0.15, -0.1) is 0 Å². The molecule has 0 aliphatic rings. The van der Waals surface area contributed by atoms with E-state index in [9.17, 15) is 35.1 Å². The summed E-state index contributed by atoms with van der Waals surface area (Å²) in [6.07, 6.45) is 0.190. The molecule has 2 aromatic rings. The summed E-state index contributed by atoms with van der Waals surface area (Å²) < 4.78 is 0. The minimum Gasteiger partial charge on any atom is -0.504 e. The Labute approximate surface area is 149 Å². The first-order chi connectivity index (χ1) is 12.3. The lowest BCUT2D eigenvalue weighted by Gasteiger charge is -2.15. The van der Waals surface area contributed by atoms with Gasteiger partial charge in [-0.2, -0.15) is 0 Å². The monoisotopic (exact) mass is 361 g/mol. The number of aromatic hydroxyl groups is 4. The molecule has 0 aromatic heterocycles. The molecule has 0 saturated heterocycles. The topological polar surface area (TPSA) is 147 Å². The van der Waals surface area contributed by atoms with Gasteiger partial charge in [-0.25, -0.2) is 4.79 Å². The number of nitrogens with one attached hydrogen (secondary N) is 1. The van der Waals surface area contributed by atoms with Gasteiger partial charge in [0.25, 0.3) is 0 Å². The Morgan fingerprint density at radius 3 is 1.92 bits per heavy atom. The fourth-order valence-electron chi connectivity index (χ4n) is 2.38. The third-order valence-electron chi connectivity index (χ3n) is 3.79. The Morgan fingerprint density at radius 1 is 0.846 bits per heavy atom. The number of carbonyl (C=O) groups is 2. The Kier molecular flexibility index (Phi) is 5.90. The summed E-state index contributed by atoms with van der Waals surface area (Å²) in [5.74, 6) is -2.96. The molecule has 8 heteroatoms. The maximum Gasteiger partial charge on any atom is 0.326 e. The predicted molar refractivity (Wildman–Crippen MR) is 91.1 cm³/mol. The molecule has 8 nitrogen and oxygen atoms in total. The standard InChI is InChI=1S/C18H19NO7/c20-13-4-1-10(8-15(13)22)3-6-17(24)19-12(18(25)26)7-11-2-5-14(21)16(23)9-11/h1-2,4-5,8-9,12,20-23H,3,6-7H2,(H,19,24)(H,25,26)/t12-/m0/s1. The lowest BCUT2D eigenvalue weighted by molar-refractivity contribution is -0.141. The quantitative estimate of drug-likeness (QED) is 0.407. The average Bonchev–Trinajstić information content (AvgIpc) is 2.58. The van der Waals surface area contributed by atoms with E-state index in [1.54, 1.807) is 6.07 Å². The zero-order valence-electron chi connectivity index (χ0n) is 13.7. The average molecular weight is 361 g/mol. The predicted octanol–water partition coefficient (Wildman–Crippen LogP) is 1.25. The van der Waals surface area contributed by atoms with Crippen LogP contribution in [0.3, 0.4) is 0 Å². The molecule has 1 amide bonds. The molecule has 0 fully saturated rings. The summed E-state index contributed by atoms with van der Waals surface area (Å²) in [7, 11) is 0. The number of aryl methyl sites for hydroxylation is 1. The van der Waals surface area contributed by atoms with Crippen LogP contribution in [0.1, 0.15) is 17.5 Å². The van der Waals surface area contributed by atoms with Gasteiger partial charge in [0.15, 0.2) is 23.0 Å². The van der Waals surface area contributed by atoms with E-state index >= 15 is 0 Å². The molecule has 26 heavy (non-hydrogen) atoms. The second-order valence-corrected chi connectivity index (χ2v) is 5.81. The van der Waals surface area contributed by atoms with E-state index in [0.717, 1.165) is 0 Å². The van der Waals surface area contributed by atoms with Crippen molar-refractivity contribution in [1.82, 2.24) is 5.32 Å². The summed E-state index contributed by atoms with van der Waals surface area (Å²) in [6.45, 7) is 0. The van der Waals surface area contributed by atoms with Crippen molar-refractivity contribution in [2.45, 2.75) is 25.3 Å². The molecule has 0 saturated carbocycles. The van der Waals surface area contributed by atoms with Crippen LogP contribution in [-0.4, -0.2) is 43.5 Å². The second-order valence-electron chi connectivity index (χ2n) is 5.81. The molecule has 0 aliphatic heterocycles. The molecular formula is C18H19NO7. The first-order valence-electron chi connectivity index (χ1n) is 7.80. The van der Waals surface area contributed by atoms with E-state index in [2.05, 4.69) is 5.32 Å². The number of benzene rings is 2. The Bertz CT molecular complexity index is 819. The van der Waals surface area contributed by atoms with Crippen LogP contribution in [0.25, 0.3) is 0 Å². The number of amides is 1. The fraction of sp³-hybridized carbons (Fsp3) is 0.222. The normalized spacial score (nSPS) is 11.7. The Morgan fingerprint density at radius 2 is 1.38 bits per heavy atom. The summed E-state index contributed by atoms with van der Waals surface area (Å²) in [6, 6.07) is 6.92. The van der Waals surface area contributed by atoms with Crippen LogP contribution in [0.2, 0.25) is 0 Å². The van der Waals surface area contributed by atoms with Crippen molar-refractivity contribution >= 4 is 11.9 Å². The van der Waals surface area contributed by atoms with E-state index < -0.39 is 17.9 Å². The number of rotatable bonds is 7. The molecule has 0 radical (unpaired) electrons. The minimum absolute atomic E-state index is 0.00514. The zero-order chi connectivity index (χ0) is 19.3. The molecule has 1 atom stereocenters. The number of hydrogen-bond acceptors (Lipinski definition) is 6. The van der Waals surface area contributed by atoms with Crippen LogP contribution in [0, 0.1) is 0 Å². The molecule has 0 unspecified atom stereocenters. The third kappa shape index (κ3) is 5.04. The lowest BCUT2D eigenvalue weighted by atomic mass is 10.0. The van der Waals surface area contributed by atoms with E-state index in [1.165, 1.54) is 30.3 Å². The SMILES string of the molecule is O=C(CCc1ccc(O)c(O)c1)N[C@@H](Cc1ccc(O)c(O)c1)C(=O)O. The maximum absolute atomic E-state index is 12.0. The van der Waals surface area contributed by atoms with Gasteiger partial charge in [0.05, 0.1) is 0 Å². The molecule has 6 N–H and O–H groups in total. The van der Waals surface area contributed by atoms with Crippen molar-refractivity contribution in [2.75, 3.05) is 0 Å². The Hall–Kier alpha value is -3.42. The van der Waals surface area contributed by atoms with Gasteiger partial charge in [-0.3, -0.25) is 4.79 Å². The van der Waals surface area contributed by atoms with Crippen LogP contribution >= 0.6 is 0 Å². The third-order valence-corrected chi connectivity index (χ3v) is 3.79. The van der Waals surface area contributed by atoms with Crippen molar-refractivity contribution in [2.24, 2.45) is 0 Å². The van der Waals surface area contributed by atoms with Gasteiger partial charge in [0.2, 0.25) is 5.91 Å². The number of carbonyl (C=O) groups excluding carboxylic acids is 1. The highest BCUT2D eigenvalue weighted by Crippen LogP contribution is 2.26. The first kappa shape index (κ1) is 18.9. The Balaban J connectivity index is 1.95. The molecule has 0 spiro atoms. The van der Waals surface area contributed by atoms with Gasteiger partial charge in [-0.1, -0.05) is 12.1 Å². The summed E-state index contributed by atoms with van der Waals surface area (Å²) in [5, 5.41) is 49.1. The highest BCUT2D eigenvalue weighted by atomic mass is 16.4. The van der Waals surface area contributed by atoms with Gasteiger partial charge in [-0.05, 0) is 41.8 Å². The van der Waals surface area contributed by atoms with E-state index in [1.807, 2.05) is 0 Å². The number of phenols is 4. The zero-order valence-corrected chi connectivity index (χ0v) is 13.7. The lowest BCUT2D eigenvalue weighted by Crippen LogP contribution is -2.42. The van der Waals surface area contributed by atoms with Crippen molar-refractivity contribution in [3.8, 4) is 23.0 Å². The van der Waals surface area contributed by atoms with Crippen LogP contribution in [0.4, 0.5) is 0 Å². The van der Waals surface area contributed by atoms with Crippen LogP contribution in [0.5, 0.6) is 23.0 Å². The number of aliphatic carboxylic acids is 1. The number of carboxylic acid groups (broad SMARTS) is 1. The van der Waals surface area contributed by atoms with Crippen molar-refractivity contribution in [3.63, 3.8) is 0 Å². The highest BCUT2D eigenvalue weighted by molar-refractivity contribution is 5.83. The van der Waals surface area contributed by atoms with Crippen molar-refractivity contribution in [1.29, 1.82) is 0 Å². The first-order valence-corrected chi connectivity index (χ1v) is 7.80. The van der Waals surface area contributed by atoms with Gasteiger partial charge < -0.3 is 30.8 Å². The molecule has 2 aromatic carbocycles. The van der Waals surface area contributed by atoms with E-state index in [0.29, 0.717) is 11.1 Å². The van der Waals surface area contributed by atoms with Gasteiger partial charge >= 0.3 is 5.97 Å². The summed E-state index contributed by atoms with van der Waals surface area (Å²) in [5.41, 5.74) is 1.06. The van der Waals surface area contributed by atoms with E-state index in [4.69, 9.17) is 0 Å². The summed E-state index contributed by atoms with van der Waals surface area (Å²) >= 11 is 0. The minimum atomic E-state index is -1.23. The molecule has 0 heterocycles. The van der Waals surface area contributed by atoms with Crippen molar-refractivity contribution < 1.29 is 35.1 Å². The molecular weight excluding hydrogens is 342 g/mol. The van der Waals surface area contributed by atoms with Gasteiger partial charge in [0, 0.05) is 12.8 Å². The molecule has 2 rings (SSSR count). The summed E-state index contributed by atoms with van der Waals surface area (Å²) in [4.78, 5) is 23.4. The van der Waals surface area contributed by atoms with Crippen LogP contribution in [-0.2, 0) is 22.4 Å². The van der Waals surface area contributed by atoms with Crippen LogP contribution < -0.4 is 5.32 Å². The van der Waals surface area contributed by atoms with Gasteiger partial charge in [0.1, 0.15) is 6.04 Å². The number of carboxylic acids is 1.